The lowest BCUT2D eigenvalue weighted by Crippen LogP contribution is -2.17. The van der Waals surface area contributed by atoms with Crippen molar-refractivity contribution in [2.24, 2.45) is 0 Å². The molecule has 3 aromatic rings. The lowest BCUT2D eigenvalue weighted by atomic mass is 9.82. The first-order valence-electron chi connectivity index (χ1n) is 9.59. The Balaban J connectivity index is 2.14. The van der Waals surface area contributed by atoms with Crippen molar-refractivity contribution >= 4 is 19.7 Å². The smallest absolute Gasteiger partial charge is 0.211 e. The molecular formula is C23H22O5S2. The molecular weight excluding hydrogens is 420 g/mol. The lowest BCUT2D eigenvalue weighted by molar-refractivity contribution is 0.451. The lowest BCUT2D eigenvalue weighted by Gasteiger charge is -2.24. The van der Waals surface area contributed by atoms with Gasteiger partial charge in [-0.25, -0.2) is 16.8 Å². The highest BCUT2D eigenvalue weighted by molar-refractivity contribution is 7.94. The summed E-state index contributed by atoms with van der Waals surface area (Å²) in [5, 5.41) is 0. The number of benzene rings is 3. The van der Waals surface area contributed by atoms with Crippen LogP contribution in [0.1, 0.15) is 32.8 Å². The Bertz CT molecular complexity index is 1350. The highest BCUT2D eigenvalue weighted by Gasteiger charge is 2.35. The average Bonchev–Trinajstić information content (AvgIpc) is 2.75. The van der Waals surface area contributed by atoms with Crippen LogP contribution in [-0.2, 0) is 25.1 Å². The van der Waals surface area contributed by atoms with Crippen LogP contribution >= 0.6 is 0 Å². The van der Waals surface area contributed by atoms with Gasteiger partial charge in [0.25, 0.3) is 0 Å². The zero-order valence-corrected chi connectivity index (χ0v) is 18.5. The van der Waals surface area contributed by atoms with E-state index in [1.54, 1.807) is 24.3 Å². The standard InChI is InChI=1S/C23H22O5S2/c1-4-23(2,3)16-13-14-18-22(15-16)30(26,27)21-12-8-7-11-20(21)29(24,25)19-10-6-5-9-17(19)28-18/h5-15H,4H2,1-3H3. The van der Waals surface area contributed by atoms with E-state index in [0.717, 1.165) is 12.0 Å². The summed E-state index contributed by atoms with van der Waals surface area (Å²) in [6, 6.07) is 16.9. The second-order valence-corrected chi connectivity index (χ2v) is 11.7. The van der Waals surface area contributed by atoms with Crippen LogP contribution in [0.25, 0.3) is 0 Å². The van der Waals surface area contributed by atoms with E-state index in [2.05, 4.69) is 0 Å². The molecule has 0 atom stereocenters. The van der Waals surface area contributed by atoms with Crippen molar-refractivity contribution in [2.45, 2.75) is 52.2 Å². The number of para-hydroxylation sites is 1. The van der Waals surface area contributed by atoms with Gasteiger partial charge in [0, 0.05) is 0 Å². The van der Waals surface area contributed by atoms with Crippen LogP contribution in [0.5, 0.6) is 11.5 Å². The fourth-order valence-electron chi connectivity index (χ4n) is 3.43. The van der Waals surface area contributed by atoms with Gasteiger partial charge in [0.2, 0.25) is 19.7 Å². The Morgan fingerprint density at radius 2 is 1.20 bits per heavy atom. The summed E-state index contributed by atoms with van der Waals surface area (Å²) in [7, 11) is -8.29. The zero-order valence-electron chi connectivity index (χ0n) is 16.9. The molecule has 4 rings (SSSR count). The van der Waals surface area contributed by atoms with Crippen molar-refractivity contribution in [1.82, 2.24) is 0 Å². The van der Waals surface area contributed by atoms with E-state index in [-0.39, 0.29) is 36.5 Å². The Morgan fingerprint density at radius 1 is 0.700 bits per heavy atom. The zero-order chi connectivity index (χ0) is 21.7. The first kappa shape index (κ1) is 20.6. The molecule has 0 unspecified atom stereocenters. The van der Waals surface area contributed by atoms with Gasteiger partial charge >= 0.3 is 0 Å². The summed E-state index contributed by atoms with van der Waals surface area (Å²) in [6.07, 6.45) is 0.806. The molecule has 156 valence electrons. The van der Waals surface area contributed by atoms with Crippen molar-refractivity contribution in [3.63, 3.8) is 0 Å². The van der Waals surface area contributed by atoms with Gasteiger partial charge in [0.15, 0.2) is 0 Å². The Hall–Kier alpha value is -2.64. The van der Waals surface area contributed by atoms with Gasteiger partial charge in [0.05, 0.1) is 9.79 Å². The predicted octanol–water partition coefficient (Wildman–Crippen LogP) is 5.15. The Labute approximate surface area is 177 Å². The molecule has 0 aromatic heterocycles. The quantitative estimate of drug-likeness (QED) is 0.429. The summed E-state index contributed by atoms with van der Waals surface area (Å²) < 4.78 is 60.0. The number of sulfone groups is 2. The van der Waals surface area contributed by atoms with Gasteiger partial charge < -0.3 is 4.74 Å². The molecule has 30 heavy (non-hydrogen) atoms. The molecule has 0 saturated carbocycles. The van der Waals surface area contributed by atoms with Crippen LogP contribution in [0.3, 0.4) is 0 Å². The van der Waals surface area contributed by atoms with Gasteiger partial charge in [-0.2, -0.15) is 0 Å². The van der Waals surface area contributed by atoms with Crippen molar-refractivity contribution in [3.05, 3.63) is 72.3 Å². The summed E-state index contributed by atoms with van der Waals surface area (Å²) in [5.41, 5.74) is 0.579. The van der Waals surface area contributed by atoms with Crippen LogP contribution < -0.4 is 4.74 Å². The maximum Gasteiger partial charge on any atom is 0.211 e. The molecule has 0 radical (unpaired) electrons. The third kappa shape index (κ3) is 3.13. The molecule has 0 amide bonds. The molecule has 0 bridgehead atoms. The van der Waals surface area contributed by atoms with Crippen molar-refractivity contribution in [3.8, 4) is 11.5 Å². The van der Waals surface area contributed by atoms with Crippen LogP contribution in [0.2, 0.25) is 0 Å². The highest BCUT2D eigenvalue weighted by Crippen LogP contribution is 2.43. The normalized spacial score (nSPS) is 16.6. The molecule has 0 N–H and O–H groups in total. The fourth-order valence-corrected chi connectivity index (χ4v) is 7.04. The minimum atomic E-state index is -4.17. The van der Waals surface area contributed by atoms with E-state index in [9.17, 15) is 16.8 Å². The van der Waals surface area contributed by atoms with Crippen LogP contribution in [-0.4, -0.2) is 16.8 Å². The molecule has 3 aromatic carbocycles. The van der Waals surface area contributed by atoms with Gasteiger partial charge in [-0.1, -0.05) is 51.1 Å². The maximum atomic E-state index is 13.7. The Kier molecular flexibility index (Phi) is 4.78. The van der Waals surface area contributed by atoms with Gasteiger partial charge in [-0.3, -0.25) is 0 Å². The van der Waals surface area contributed by atoms with E-state index < -0.39 is 19.7 Å². The largest absolute Gasteiger partial charge is 0.455 e. The fraction of sp³-hybridized carbons (Fsp3) is 0.217. The molecule has 0 aliphatic carbocycles. The number of hydrogen-bond acceptors (Lipinski definition) is 5. The molecule has 0 fully saturated rings. The molecule has 0 spiro atoms. The van der Waals surface area contributed by atoms with Crippen molar-refractivity contribution in [2.75, 3.05) is 0 Å². The van der Waals surface area contributed by atoms with Gasteiger partial charge in [0.1, 0.15) is 21.3 Å². The molecule has 7 heteroatoms. The summed E-state index contributed by atoms with van der Waals surface area (Å²) in [4.78, 5) is -0.619. The van der Waals surface area contributed by atoms with Crippen LogP contribution in [0, 0.1) is 0 Å². The molecule has 0 saturated heterocycles. The van der Waals surface area contributed by atoms with Crippen molar-refractivity contribution < 1.29 is 21.6 Å². The van der Waals surface area contributed by atoms with E-state index >= 15 is 0 Å². The maximum absolute atomic E-state index is 13.7. The summed E-state index contributed by atoms with van der Waals surface area (Å²) >= 11 is 0. The topological polar surface area (TPSA) is 77.5 Å². The number of fused-ring (bicyclic) bond motifs is 3. The second kappa shape index (κ2) is 6.96. The van der Waals surface area contributed by atoms with E-state index in [0.29, 0.717) is 0 Å². The third-order valence-corrected chi connectivity index (χ3v) is 9.50. The minimum absolute atomic E-state index is 0.0409. The monoisotopic (exact) mass is 442 g/mol. The molecule has 1 aliphatic rings. The van der Waals surface area contributed by atoms with Gasteiger partial charge in [-0.15, -0.1) is 0 Å². The Morgan fingerprint density at radius 3 is 1.80 bits per heavy atom. The van der Waals surface area contributed by atoms with Crippen molar-refractivity contribution in [1.29, 1.82) is 0 Å². The second-order valence-electron chi connectivity index (χ2n) is 7.90. The first-order valence-corrected chi connectivity index (χ1v) is 12.6. The average molecular weight is 443 g/mol. The summed E-state index contributed by atoms with van der Waals surface area (Å²) in [5.74, 6) is 0.193. The molecule has 5 nitrogen and oxygen atoms in total. The SMILES string of the molecule is CCC(C)(C)c1ccc2c(c1)S(=O)(=O)c1ccccc1S(=O)(=O)c1ccccc1O2. The summed E-state index contributed by atoms with van der Waals surface area (Å²) in [6.45, 7) is 6.10. The van der Waals surface area contributed by atoms with E-state index in [4.69, 9.17) is 4.74 Å². The van der Waals surface area contributed by atoms with Crippen LogP contribution in [0.4, 0.5) is 0 Å². The van der Waals surface area contributed by atoms with E-state index in [1.807, 2.05) is 26.8 Å². The van der Waals surface area contributed by atoms with Gasteiger partial charge in [-0.05, 0) is 53.8 Å². The molecule has 1 aliphatic heterocycles. The van der Waals surface area contributed by atoms with E-state index in [1.165, 1.54) is 36.4 Å². The predicted molar refractivity (Wildman–Crippen MR) is 114 cm³/mol. The first-order chi connectivity index (χ1) is 14.1. The minimum Gasteiger partial charge on any atom is -0.455 e. The highest BCUT2D eigenvalue weighted by atomic mass is 32.2. The number of ether oxygens (including phenoxy) is 1. The third-order valence-electron chi connectivity index (χ3n) is 5.69. The molecule has 1 heterocycles. The van der Waals surface area contributed by atoms with Crippen LogP contribution in [0.15, 0.2) is 86.3 Å². The number of hydrogen-bond donors (Lipinski definition) is 0. The number of rotatable bonds is 2.